The van der Waals surface area contributed by atoms with Crippen molar-refractivity contribution in [2.75, 3.05) is 26.3 Å². The van der Waals surface area contributed by atoms with Gasteiger partial charge >= 0.3 is 6.09 Å². The van der Waals surface area contributed by atoms with Crippen LogP contribution in [0.4, 0.5) is 4.79 Å². The Balaban J connectivity index is 1.75. The van der Waals surface area contributed by atoms with Crippen molar-refractivity contribution >= 4 is 11.9 Å². The van der Waals surface area contributed by atoms with E-state index in [0.29, 0.717) is 43.0 Å². The van der Waals surface area contributed by atoms with Crippen LogP contribution in [-0.2, 0) is 4.74 Å². The van der Waals surface area contributed by atoms with Crippen molar-refractivity contribution in [1.82, 2.24) is 4.90 Å². The van der Waals surface area contributed by atoms with E-state index >= 15 is 0 Å². The summed E-state index contributed by atoms with van der Waals surface area (Å²) in [4.78, 5) is 27.0. The van der Waals surface area contributed by atoms with Gasteiger partial charge in [-0.3, -0.25) is 4.79 Å². The zero-order chi connectivity index (χ0) is 20.4. The molecule has 2 heterocycles. The van der Waals surface area contributed by atoms with Crippen LogP contribution in [0, 0.1) is 0 Å². The van der Waals surface area contributed by atoms with Gasteiger partial charge in [-0.25, -0.2) is 4.79 Å². The molecule has 0 aromatic heterocycles. The van der Waals surface area contributed by atoms with Crippen LogP contribution in [0.5, 0.6) is 11.5 Å². The number of ether oxygens (including phenoxy) is 3. The minimum Gasteiger partial charge on any atom is -0.490 e. The van der Waals surface area contributed by atoms with Gasteiger partial charge in [0, 0.05) is 19.5 Å². The lowest BCUT2D eigenvalue weighted by atomic mass is 9.84. The van der Waals surface area contributed by atoms with Crippen LogP contribution >= 0.6 is 0 Å². The third kappa shape index (κ3) is 4.58. The normalized spacial score (nSPS) is 22.3. The van der Waals surface area contributed by atoms with Gasteiger partial charge in [0.2, 0.25) is 0 Å². The fourth-order valence-corrected chi connectivity index (χ4v) is 3.75. The second-order valence-corrected chi connectivity index (χ2v) is 8.41. The van der Waals surface area contributed by atoms with Gasteiger partial charge in [0.15, 0.2) is 5.78 Å². The highest BCUT2D eigenvalue weighted by atomic mass is 16.6. The van der Waals surface area contributed by atoms with Crippen LogP contribution in [0.1, 0.15) is 56.8 Å². The van der Waals surface area contributed by atoms with Crippen molar-refractivity contribution in [3.8, 4) is 11.5 Å². The van der Waals surface area contributed by atoms with Crippen LogP contribution in [-0.4, -0.2) is 59.4 Å². The summed E-state index contributed by atoms with van der Waals surface area (Å²) in [6.07, 6.45) is 1.93. The number of hydrogen-bond acceptors (Lipinski definition) is 6. The van der Waals surface area contributed by atoms with Gasteiger partial charge in [-0.1, -0.05) is 6.07 Å². The predicted molar refractivity (Wildman–Crippen MR) is 103 cm³/mol. The number of nitrogens with zero attached hydrogens (tertiary/aromatic N) is 1. The summed E-state index contributed by atoms with van der Waals surface area (Å²) in [5, 5.41) is 8.98. The SMILES string of the molecule is CC(C)(C)OC(=O)N1CCCC2(CC1)CC(=O)c1c(OCCO)cccc1O2. The highest BCUT2D eigenvalue weighted by Crippen LogP contribution is 2.42. The molecule has 2 aliphatic rings. The van der Waals surface area contributed by atoms with Crippen molar-refractivity contribution in [3.63, 3.8) is 0 Å². The quantitative estimate of drug-likeness (QED) is 0.852. The summed E-state index contributed by atoms with van der Waals surface area (Å²) < 4.78 is 17.3. The molecule has 1 amide bonds. The number of likely N-dealkylation sites (tertiary alicyclic amines) is 1. The maximum absolute atomic E-state index is 12.9. The van der Waals surface area contributed by atoms with Crippen molar-refractivity contribution in [2.45, 2.75) is 57.7 Å². The van der Waals surface area contributed by atoms with Crippen LogP contribution in [0.2, 0.25) is 0 Å². The first kappa shape index (κ1) is 20.5. The molecule has 1 aromatic rings. The number of amides is 1. The number of hydrogen-bond donors (Lipinski definition) is 1. The first-order chi connectivity index (χ1) is 13.2. The van der Waals surface area contributed by atoms with E-state index in [9.17, 15) is 9.59 Å². The van der Waals surface area contributed by atoms with E-state index in [-0.39, 0.29) is 31.5 Å². The maximum Gasteiger partial charge on any atom is 0.410 e. The summed E-state index contributed by atoms with van der Waals surface area (Å²) in [6.45, 7) is 6.61. The number of rotatable bonds is 3. The maximum atomic E-state index is 12.9. The molecule has 3 rings (SSSR count). The fraction of sp³-hybridized carbons (Fsp3) is 0.619. The minimum absolute atomic E-state index is 0.0273. The van der Waals surface area contributed by atoms with E-state index in [1.165, 1.54) is 0 Å². The molecule has 28 heavy (non-hydrogen) atoms. The van der Waals surface area contributed by atoms with Crippen molar-refractivity contribution in [1.29, 1.82) is 0 Å². The monoisotopic (exact) mass is 391 g/mol. The Bertz CT molecular complexity index is 741. The van der Waals surface area contributed by atoms with E-state index in [2.05, 4.69) is 0 Å². The van der Waals surface area contributed by atoms with E-state index in [1.54, 1.807) is 23.1 Å². The molecule has 7 nitrogen and oxygen atoms in total. The van der Waals surface area contributed by atoms with Gasteiger partial charge in [0.25, 0.3) is 0 Å². The van der Waals surface area contributed by atoms with Crippen molar-refractivity contribution in [2.24, 2.45) is 0 Å². The molecule has 1 atom stereocenters. The largest absolute Gasteiger partial charge is 0.490 e. The topological polar surface area (TPSA) is 85.3 Å². The van der Waals surface area contributed by atoms with Crippen molar-refractivity contribution < 1.29 is 28.9 Å². The molecule has 2 aliphatic heterocycles. The van der Waals surface area contributed by atoms with E-state index in [0.717, 1.165) is 6.42 Å². The van der Waals surface area contributed by atoms with Crippen LogP contribution in [0.15, 0.2) is 18.2 Å². The molecule has 0 radical (unpaired) electrons. The molecule has 154 valence electrons. The van der Waals surface area contributed by atoms with Gasteiger partial charge in [-0.15, -0.1) is 0 Å². The fourth-order valence-electron chi connectivity index (χ4n) is 3.75. The Kier molecular flexibility index (Phi) is 5.84. The molecule has 1 aromatic carbocycles. The molecule has 0 saturated carbocycles. The highest BCUT2D eigenvalue weighted by molar-refractivity contribution is 6.02. The molecule has 7 heteroatoms. The first-order valence-corrected chi connectivity index (χ1v) is 9.80. The second kappa shape index (κ2) is 7.99. The lowest BCUT2D eigenvalue weighted by Crippen LogP contribution is -2.43. The Labute approximate surface area is 165 Å². The molecule has 1 unspecified atom stereocenters. The predicted octanol–water partition coefficient (Wildman–Crippen LogP) is 3.18. The summed E-state index contributed by atoms with van der Waals surface area (Å²) in [6, 6.07) is 5.27. The van der Waals surface area contributed by atoms with Crippen molar-refractivity contribution in [3.05, 3.63) is 23.8 Å². The van der Waals surface area contributed by atoms with Crippen LogP contribution in [0.25, 0.3) is 0 Å². The molecule has 1 fully saturated rings. The number of benzene rings is 1. The third-order valence-corrected chi connectivity index (χ3v) is 4.97. The minimum atomic E-state index is -0.615. The lowest BCUT2D eigenvalue weighted by Gasteiger charge is -2.37. The molecule has 1 N–H and O–H groups in total. The van der Waals surface area contributed by atoms with Gasteiger partial charge in [-0.2, -0.15) is 0 Å². The second-order valence-electron chi connectivity index (χ2n) is 8.41. The van der Waals surface area contributed by atoms with E-state index in [1.807, 2.05) is 20.8 Å². The zero-order valence-electron chi connectivity index (χ0n) is 16.8. The Morgan fingerprint density at radius 3 is 2.79 bits per heavy atom. The third-order valence-electron chi connectivity index (χ3n) is 4.97. The average Bonchev–Trinajstić information content (AvgIpc) is 2.80. The van der Waals surface area contributed by atoms with E-state index in [4.69, 9.17) is 19.3 Å². The average molecular weight is 391 g/mol. The first-order valence-electron chi connectivity index (χ1n) is 9.80. The number of fused-ring (bicyclic) bond motifs is 1. The van der Waals surface area contributed by atoms with Crippen LogP contribution < -0.4 is 9.47 Å². The molecule has 0 bridgehead atoms. The van der Waals surface area contributed by atoms with Gasteiger partial charge in [0.1, 0.15) is 34.9 Å². The molecule has 1 saturated heterocycles. The number of aliphatic hydroxyl groups is 1. The Morgan fingerprint density at radius 1 is 1.29 bits per heavy atom. The standard InChI is InChI=1S/C21H29NO6/c1-20(2,3)28-19(25)22-10-5-8-21(9-11-22)14-15(24)18-16(26-13-12-23)6-4-7-17(18)27-21/h4,6-7,23H,5,8-14H2,1-3H3. The summed E-state index contributed by atoms with van der Waals surface area (Å²) >= 11 is 0. The number of Topliss-reactive ketones (excluding diaryl/α,β-unsaturated/α-hetero) is 1. The zero-order valence-corrected chi connectivity index (χ0v) is 16.8. The summed E-state index contributed by atoms with van der Waals surface area (Å²) in [7, 11) is 0. The molecule has 1 spiro atoms. The van der Waals surface area contributed by atoms with Gasteiger partial charge < -0.3 is 24.2 Å². The van der Waals surface area contributed by atoms with E-state index < -0.39 is 11.2 Å². The Hall–Kier alpha value is -2.28. The Morgan fingerprint density at radius 2 is 2.07 bits per heavy atom. The number of aliphatic hydroxyl groups excluding tert-OH is 1. The number of carbonyl (C=O) groups excluding carboxylic acids is 2. The smallest absolute Gasteiger partial charge is 0.410 e. The summed E-state index contributed by atoms with van der Waals surface area (Å²) in [5.41, 5.74) is -0.714. The molecular weight excluding hydrogens is 362 g/mol. The van der Waals surface area contributed by atoms with Crippen LogP contribution in [0.3, 0.4) is 0 Å². The lowest BCUT2D eigenvalue weighted by molar-refractivity contribution is 0.0186. The number of ketones is 1. The summed E-state index contributed by atoms with van der Waals surface area (Å²) in [5.74, 6) is 0.924. The highest BCUT2D eigenvalue weighted by Gasteiger charge is 2.43. The number of carbonyl (C=O) groups is 2. The van der Waals surface area contributed by atoms with Gasteiger partial charge in [-0.05, 0) is 45.7 Å². The molecular formula is C21H29NO6. The van der Waals surface area contributed by atoms with Gasteiger partial charge in [0.05, 0.1) is 13.0 Å². The molecule has 0 aliphatic carbocycles.